The molecule has 5 nitrogen and oxygen atoms in total. The Morgan fingerprint density at radius 3 is 3.20 bits per heavy atom. The number of carbonyl (C=O) groups excluding carboxylic acids is 1. The fraction of sp³-hybridized carbons (Fsp3) is 0.357. The van der Waals surface area contributed by atoms with Crippen LogP contribution in [-0.4, -0.2) is 34.6 Å². The lowest BCUT2D eigenvalue weighted by atomic mass is 10.0. The summed E-state index contributed by atoms with van der Waals surface area (Å²) >= 11 is 1.44. The molecule has 0 radical (unpaired) electrons. The van der Waals surface area contributed by atoms with Crippen LogP contribution in [0.3, 0.4) is 0 Å². The van der Waals surface area contributed by atoms with Gasteiger partial charge in [0.1, 0.15) is 0 Å². The summed E-state index contributed by atoms with van der Waals surface area (Å²) < 4.78 is 0. The van der Waals surface area contributed by atoms with Gasteiger partial charge in [0, 0.05) is 24.7 Å². The van der Waals surface area contributed by atoms with Crippen molar-refractivity contribution in [3.8, 4) is 0 Å². The zero-order valence-corrected chi connectivity index (χ0v) is 12.1. The van der Waals surface area contributed by atoms with Crippen molar-refractivity contribution in [1.29, 1.82) is 0 Å². The SMILES string of the molecule is CCNC(=O)CSC1=Nc2ccccc2C2CC=NN12. The lowest BCUT2D eigenvalue weighted by molar-refractivity contribution is -0.118. The van der Waals surface area contributed by atoms with E-state index in [1.165, 1.54) is 17.3 Å². The van der Waals surface area contributed by atoms with E-state index in [2.05, 4.69) is 21.5 Å². The minimum atomic E-state index is 0.0267. The number of rotatable bonds is 3. The van der Waals surface area contributed by atoms with Gasteiger partial charge in [-0.2, -0.15) is 5.10 Å². The van der Waals surface area contributed by atoms with Crippen molar-refractivity contribution < 1.29 is 4.79 Å². The molecule has 3 rings (SSSR count). The van der Waals surface area contributed by atoms with Crippen LogP contribution >= 0.6 is 11.8 Å². The van der Waals surface area contributed by atoms with E-state index in [0.717, 1.165) is 17.3 Å². The highest BCUT2D eigenvalue weighted by Gasteiger charge is 2.32. The number of benzene rings is 1. The highest BCUT2D eigenvalue weighted by molar-refractivity contribution is 8.14. The predicted octanol–water partition coefficient (Wildman–Crippen LogP) is 2.29. The molecular weight excluding hydrogens is 272 g/mol. The molecule has 0 saturated carbocycles. The summed E-state index contributed by atoms with van der Waals surface area (Å²) in [7, 11) is 0. The van der Waals surface area contributed by atoms with Gasteiger partial charge >= 0.3 is 0 Å². The van der Waals surface area contributed by atoms with Crippen molar-refractivity contribution in [3.63, 3.8) is 0 Å². The molecule has 2 aliphatic heterocycles. The van der Waals surface area contributed by atoms with E-state index < -0.39 is 0 Å². The highest BCUT2D eigenvalue weighted by atomic mass is 32.2. The second-order valence-electron chi connectivity index (χ2n) is 4.59. The van der Waals surface area contributed by atoms with E-state index >= 15 is 0 Å². The average molecular weight is 288 g/mol. The second-order valence-corrected chi connectivity index (χ2v) is 5.53. The number of thioether (sulfide) groups is 1. The number of nitrogens with one attached hydrogen (secondary N) is 1. The zero-order chi connectivity index (χ0) is 13.9. The summed E-state index contributed by atoms with van der Waals surface area (Å²) in [6.45, 7) is 2.57. The van der Waals surface area contributed by atoms with Crippen LogP contribution in [0.1, 0.15) is 24.9 Å². The molecule has 0 saturated heterocycles. The molecule has 0 bridgehead atoms. The number of hydrazone groups is 1. The first-order valence-corrected chi connectivity index (χ1v) is 7.67. The van der Waals surface area contributed by atoms with Gasteiger partial charge in [0.2, 0.25) is 5.91 Å². The lowest BCUT2D eigenvalue weighted by Crippen LogP contribution is -2.30. The molecule has 0 aromatic heterocycles. The molecule has 0 aliphatic carbocycles. The minimum Gasteiger partial charge on any atom is -0.356 e. The van der Waals surface area contributed by atoms with Crippen molar-refractivity contribution in [2.45, 2.75) is 19.4 Å². The fourth-order valence-electron chi connectivity index (χ4n) is 2.36. The van der Waals surface area contributed by atoms with Gasteiger partial charge in [0.25, 0.3) is 0 Å². The molecule has 20 heavy (non-hydrogen) atoms. The third kappa shape index (κ3) is 2.43. The minimum absolute atomic E-state index is 0.0267. The smallest absolute Gasteiger partial charge is 0.230 e. The largest absolute Gasteiger partial charge is 0.356 e. The van der Waals surface area contributed by atoms with Crippen LogP contribution in [0.25, 0.3) is 0 Å². The molecule has 0 spiro atoms. The first-order chi connectivity index (χ1) is 9.79. The summed E-state index contributed by atoms with van der Waals surface area (Å²) in [5, 5.41) is 9.90. The highest BCUT2D eigenvalue weighted by Crippen LogP contribution is 2.40. The van der Waals surface area contributed by atoms with E-state index in [0.29, 0.717) is 12.3 Å². The van der Waals surface area contributed by atoms with Crippen molar-refractivity contribution >= 4 is 34.7 Å². The molecule has 0 fully saturated rings. The summed E-state index contributed by atoms with van der Waals surface area (Å²) in [4.78, 5) is 16.2. The van der Waals surface area contributed by atoms with Gasteiger partial charge in [-0.15, -0.1) is 0 Å². The maximum atomic E-state index is 11.6. The number of amidine groups is 1. The topological polar surface area (TPSA) is 57.1 Å². The first kappa shape index (κ1) is 13.2. The Morgan fingerprint density at radius 1 is 1.50 bits per heavy atom. The predicted molar refractivity (Wildman–Crippen MR) is 82.4 cm³/mol. The summed E-state index contributed by atoms with van der Waals surface area (Å²) in [6, 6.07) is 8.34. The number of para-hydroxylation sites is 1. The third-order valence-corrected chi connectivity index (χ3v) is 4.19. The Balaban J connectivity index is 1.81. The van der Waals surface area contributed by atoms with Crippen LogP contribution in [0.2, 0.25) is 0 Å². The molecule has 1 amide bonds. The molecule has 2 heterocycles. The fourth-order valence-corrected chi connectivity index (χ4v) is 3.19. The van der Waals surface area contributed by atoms with E-state index in [-0.39, 0.29) is 11.9 Å². The van der Waals surface area contributed by atoms with Crippen molar-refractivity contribution in [2.24, 2.45) is 10.1 Å². The Hall–Kier alpha value is -1.82. The van der Waals surface area contributed by atoms with E-state index in [9.17, 15) is 4.79 Å². The molecular formula is C14H16N4OS. The average Bonchev–Trinajstić information content (AvgIpc) is 2.95. The van der Waals surface area contributed by atoms with Crippen LogP contribution in [0.5, 0.6) is 0 Å². The normalized spacial score (nSPS) is 19.4. The summed E-state index contributed by atoms with van der Waals surface area (Å²) in [5.74, 6) is 0.395. The van der Waals surface area contributed by atoms with E-state index in [1.807, 2.05) is 36.3 Å². The summed E-state index contributed by atoms with van der Waals surface area (Å²) in [5.41, 5.74) is 2.19. The van der Waals surface area contributed by atoms with Crippen LogP contribution in [0.15, 0.2) is 34.4 Å². The van der Waals surface area contributed by atoms with E-state index in [4.69, 9.17) is 0 Å². The Kier molecular flexibility index (Phi) is 3.73. The maximum Gasteiger partial charge on any atom is 0.230 e. The maximum absolute atomic E-state index is 11.6. The Labute approximate surface area is 122 Å². The van der Waals surface area contributed by atoms with Gasteiger partial charge in [-0.25, -0.2) is 10.0 Å². The van der Waals surface area contributed by atoms with Crippen molar-refractivity contribution in [3.05, 3.63) is 29.8 Å². The third-order valence-electron chi connectivity index (χ3n) is 3.24. The number of fused-ring (bicyclic) bond motifs is 3. The molecule has 104 valence electrons. The number of carbonyl (C=O) groups is 1. The van der Waals surface area contributed by atoms with Gasteiger partial charge < -0.3 is 5.32 Å². The second kappa shape index (κ2) is 5.66. The molecule has 6 heteroatoms. The first-order valence-electron chi connectivity index (χ1n) is 6.68. The zero-order valence-electron chi connectivity index (χ0n) is 11.2. The van der Waals surface area contributed by atoms with Gasteiger partial charge in [-0.3, -0.25) is 4.79 Å². The molecule has 1 aromatic rings. The molecule has 1 N–H and O–H groups in total. The van der Waals surface area contributed by atoms with Gasteiger partial charge in [-0.1, -0.05) is 30.0 Å². The molecule has 1 atom stereocenters. The van der Waals surface area contributed by atoms with Gasteiger partial charge in [0.05, 0.1) is 17.5 Å². The number of hydrogen-bond donors (Lipinski definition) is 1. The number of amides is 1. The summed E-state index contributed by atoms with van der Waals surface area (Å²) in [6.07, 6.45) is 2.80. The van der Waals surface area contributed by atoms with E-state index in [1.54, 1.807) is 0 Å². The molecule has 2 aliphatic rings. The molecule has 1 aromatic carbocycles. The molecule has 1 unspecified atom stereocenters. The van der Waals surface area contributed by atoms with Gasteiger partial charge in [0.15, 0.2) is 5.17 Å². The number of hydrogen-bond acceptors (Lipinski definition) is 5. The quantitative estimate of drug-likeness (QED) is 0.928. The standard InChI is InChI=1S/C14H16N4OS/c1-2-15-13(19)9-20-14-17-11-6-4-3-5-10(11)12-7-8-16-18(12)14/h3-6,8,12H,2,7,9H2,1H3,(H,15,19). The van der Waals surface area contributed by atoms with Crippen LogP contribution in [0.4, 0.5) is 5.69 Å². The van der Waals surface area contributed by atoms with Crippen LogP contribution < -0.4 is 5.32 Å². The lowest BCUT2D eigenvalue weighted by Gasteiger charge is -2.29. The van der Waals surface area contributed by atoms with Crippen molar-refractivity contribution in [2.75, 3.05) is 12.3 Å². The Bertz CT molecular complexity index is 584. The number of aliphatic imine (C=N–C) groups is 1. The van der Waals surface area contributed by atoms with Crippen LogP contribution in [0, 0.1) is 0 Å². The van der Waals surface area contributed by atoms with Crippen molar-refractivity contribution in [1.82, 2.24) is 10.3 Å². The number of nitrogens with zero attached hydrogens (tertiary/aromatic N) is 3. The van der Waals surface area contributed by atoms with Gasteiger partial charge in [-0.05, 0) is 13.0 Å². The van der Waals surface area contributed by atoms with Crippen LogP contribution in [-0.2, 0) is 4.79 Å². The Morgan fingerprint density at radius 2 is 2.35 bits per heavy atom. The monoisotopic (exact) mass is 288 g/mol.